The van der Waals surface area contributed by atoms with Crippen LogP contribution in [0.4, 0.5) is 34.1 Å². The number of hydrogen-bond donors (Lipinski definition) is 4. The molecule has 0 aliphatic carbocycles. The molecule has 0 bridgehead atoms. The zero-order chi connectivity index (χ0) is 24.4. The quantitative estimate of drug-likeness (QED) is 0.364. The van der Waals surface area contributed by atoms with E-state index in [1.165, 1.54) is 19.0 Å². The van der Waals surface area contributed by atoms with Gasteiger partial charge in [0.2, 0.25) is 5.91 Å². The summed E-state index contributed by atoms with van der Waals surface area (Å²) in [6.45, 7) is 3.25. The van der Waals surface area contributed by atoms with Crippen molar-refractivity contribution >= 4 is 34.4 Å². The van der Waals surface area contributed by atoms with Crippen molar-refractivity contribution in [3.05, 3.63) is 54.1 Å². The highest BCUT2D eigenvalue weighted by atomic mass is 32.2. The van der Waals surface area contributed by atoms with Crippen LogP contribution in [0.25, 0.3) is 0 Å². The van der Waals surface area contributed by atoms with Crippen molar-refractivity contribution in [2.45, 2.75) is 18.6 Å². The molecular weight excluding hydrogens is 448 g/mol. The van der Waals surface area contributed by atoms with E-state index in [9.17, 15) is 17.6 Å². The summed E-state index contributed by atoms with van der Waals surface area (Å²) in [7, 11) is -4.00. The van der Waals surface area contributed by atoms with Gasteiger partial charge in [0.15, 0.2) is 0 Å². The number of hydrogen-bond acceptors (Lipinski definition) is 5. The minimum absolute atomic E-state index is 0.0585. The van der Waals surface area contributed by atoms with Crippen LogP contribution in [0.2, 0.25) is 6.82 Å². The van der Waals surface area contributed by atoms with Crippen LogP contribution in [-0.2, 0) is 14.8 Å². The molecule has 2 aromatic rings. The van der Waals surface area contributed by atoms with Crippen LogP contribution in [0.3, 0.4) is 0 Å². The molecule has 0 saturated carbocycles. The number of nitrogens with one attached hydrogen (secondary N) is 3. The molecule has 0 fully saturated rings. The highest BCUT2D eigenvalue weighted by Crippen LogP contribution is 2.22. The second-order valence-corrected chi connectivity index (χ2v) is 7.24. The number of alkyl halides is 1. The second kappa shape index (κ2) is 17.0. The van der Waals surface area contributed by atoms with Crippen LogP contribution in [0.15, 0.2) is 53.4 Å². The van der Waals surface area contributed by atoms with Gasteiger partial charge in [-0.25, -0.2) is 8.42 Å². The summed E-state index contributed by atoms with van der Waals surface area (Å²) in [6, 6.07) is 12.9. The smallest absolute Gasteiger partial charge is 0.374 e. The van der Waals surface area contributed by atoms with Gasteiger partial charge in [-0.05, 0) is 43.6 Å². The van der Waals surface area contributed by atoms with Gasteiger partial charge in [0.1, 0.15) is 0 Å². The Morgan fingerprint density at radius 1 is 1.03 bits per heavy atom. The summed E-state index contributed by atoms with van der Waals surface area (Å²) in [5.41, 5.74) is 1.62. The molecule has 174 valence electrons. The summed E-state index contributed by atoms with van der Waals surface area (Å²) >= 11 is 0. The number of benzene rings is 2. The van der Waals surface area contributed by atoms with Gasteiger partial charge in [-0.1, -0.05) is 24.3 Å². The van der Waals surface area contributed by atoms with Crippen LogP contribution in [0.5, 0.6) is 0 Å². The molecule has 0 atom stereocenters. The Kier molecular flexibility index (Phi) is 16.7. The lowest BCUT2D eigenvalue weighted by atomic mass is 9.89. The van der Waals surface area contributed by atoms with Crippen LogP contribution < -0.4 is 15.3 Å². The number of aryl methyl sites for hydroxylation is 1. The molecule has 0 unspecified atom stereocenters. The van der Waals surface area contributed by atoms with E-state index in [0.717, 1.165) is 5.56 Å². The SMILES string of the molecule is CB(O)NCC(=O)Nc1cc(NS(=O)(=O)c2ccccc2)ccc1C.CF.FF.FF. The summed E-state index contributed by atoms with van der Waals surface area (Å²) in [5, 5.41) is 14.4. The van der Waals surface area contributed by atoms with Crippen molar-refractivity contribution in [1.29, 1.82) is 0 Å². The molecule has 0 radical (unpaired) electrons. The maximum absolute atomic E-state index is 12.4. The van der Waals surface area contributed by atoms with Crippen molar-refractivity contribution in [2.75, 3.05) is 23.8 Å². The lowest BCUT2D eigenvalue weighted by Gasteiger charge is -2.13. The number of carbonyl (C=O) groups excluding carboxylic acids is 1. The Labute approximate surface area is 177 Å². The fourth-order valence-electron chi connectivity index (χ4n) is 2.07. The van der Waals surface area contributed by atoms with E-state index in [1.807, 2.05) is 0 Å². The third-order valence-corrected chi connectivity index (χ3v) is 4.77. The first-order chi connectivity index (χ1) is 14.8. The summed E-state index contributed by atoms with van der Waals surface area (Å²) in [4.78, 5) is 12.0. The van der Waals surface area contributed by atoms with E-state index in [4.69, 9.17) is 23.3 Å². The average Bonchev–Trinajstić information content (AvgIpc) is 2.79. The van der Waals surface area contributed by atoms with E-state index in [-0.39, 0.29) is 17.3 Å². The number of rotatable bonds is 7. The third-order valence-electron chi connectivity index (χ3n) is 3.38. The molecule has 2 rings (SSSR count). The maximum Gasteiger partial charge on any atom is 0.374 e. The van der Waals surface area contributed by atoms with Crippen molar-refractivity contribution in [2.24, 2.45) is 0 Å². The number of amides is 1. The van der Waals surface area contributed by atoms with E-state index >= 15 is 0 Å². The molecule has 7 nitrogen and oxygen atoms in total. The minimum Gasteiger partial charge on any atom is -0.437 e. The molecule has 1 amide bonds. The van der Waals surface area contributed by atoms with Crippen LogP contribution in [-0.4, -0.2) is 40.1 Å². The zero-order valence-electron chi connectivity index (χ0n) is 16.9. The highest BCUT2D eigenvalue weighted by molar-refractivity contribution is 7.92. The number of carbonyl (C=O) groups is 1. The fraction of sp³-hybridized carbons (Fsp3) is 0.235. The molecule has 2 aromatic carbocycles. The molecular formula is C17H23BF5N3O4S. The van der Waals surface area contributed by atoms with Gasteiger partial charge in [0.25, 0.3) is 10.0 Å². The largest absolute Gasteiger partial charge is 0.437 e. The van der Waals surface area contributed by atoms with Crippen molar-refractivity contribution in [1.82, 2.24) is 5.23 Å². The summed E-state index contributed by atoms with van der Waals surface area (Å²) in [5.74, 6) is -0.341. The Bertz CT molecular complexity index is 862. The van der Waals surface area contributed by atoms with Crippen molar-refractivity contribution < 1.29 is 40.9 Å². The second-order valence-electron chi connectivity index (χ2n) is 5.55. The first-order valence-corrected chi connectivity index (χ1v) is 9.82. The number of halogens is 5. The predicted molar refractivity (Wildman–Crippen MR) is 110 cm³/mol. The third kappa shape index (κ3) is 11.9. The average molecular weight is 471 g/mol. The molecule has 0 aromatic heterocycles. The Morgan fingerprint density at radius 3 is 2.10 bits per heavy atom. The molecule has 0 spiro atoms. The van der Waals surface area contributed by atoms with E-state index in [2.05, 4.69) is 15.3 Å². The zero-order valence-corrected chi connectivity index (χ0v) is 17.7. The first-order valence-electron chi connectivity index (χ1n) is 8.34. The molecule has 31 heavy (non-hydrogen) atoms. The van der Waals surface area contributed by atoms with Gasteiger partial charge in [-0.15, -0.1) is 0 Å². The van der Waals surface area contributed by atoms with Crippen LogP contribution in [0, 0.1) is 6.92 Å². The van der Waals surface area contributed by atoms with E-state index in [0.29, 0.717) is 18.6 Å². The van der Waals surface area contributed by atoms with Gasteiger partial charge in [0.05, 0.1) is 24.3 Å². The summed E-state index contributed by atoms with van der Waals surface area (Å²) in [6.07, 6.45) is 0. The fourth-order valence-corrected chi connectivity index (χ4v) is 3.14. The lowest BCUT2D eigenvalue weighted by molar-refractivity contribution is -0.115. The molecule has 4 N–H and O–H groups in total. The van der Waals surface area contributed by atoms with Crippen LogP contribution in [0.1, 0.15) is 5.56 Å². The molecule has 14 heteroatoms. The predicted octanol–water partition coefficient (Wildman–Crippen LogP) is 3.70. The molecule has 0 heterocycles. The molecule has 0 aliphatic heterocycles. The normalized spacial score (nSPS) is 9.45. The minimum atomic E-state index is -3.70. The monoisotopic (exact) mass is 471 g/mol. The van der Waals surface area contributed by atoms with Gasteiger partial charge in [0, 0.05) is 24.0 Å². The Balaban J connectivity index is 0. The number of anilines is 2. The van der Waals surface area contributed by atoms with Gasteiger partial charge >= 0.3 is 7.05 Å². The maximum atomic E-state index is 12.4. The highest BCUT2D eigenvalue weighted by Gasteiger charge is 2.15. The van der Waals surface area contributed by atoms with Crippen molar-refractivity contribution in [3.8, 4) is 0 Å². The number of sulfonamides is 1. The van der Waals surface area contributed by atoms with Gasteiger partial charge in [-0.2, -0.15) is 0 Å². The van der Waals surface area contributed by atoms with E-state index in [1.54, 1.807) is 43.3 Å². The molecule has 0 aliphatic rings. The first kappa shape index (κ1) is 30.5. The summed E-state index contributed by atoms with van der Waals surface area (Å²) < 4.78 is 68.7. The topological polar surface area (TPSA) is 108 Å². The van der Waals surface area contributed by atoms with Crippen LogP contribution >= 0.6 is 0 Å². The molecule has 0 saturated heterocycles. The van der Waals surface area contributed by atoms with Gasteiger partial charge in [-0.3, -0.25) is 13.9 Å². The van der Waals surface area contributed by atoms with E-state index < -0.39 is 17.1 Å². The lowest BCUT2D eigenvalue weighted by Crippen LogP contribution is -2.37. The van der Waals surface area contributed by atoms with Crippen molar-refractivity contribution in [3.63, 3.8) is 0 Å². The Hall–Kier alpha value is -2.71. The standard InChI is InChI=1S/C16H20BN3O4S.CH3F.2F2/c1-12-8-9-13(10-15(12)19-16(21)11-18-17(2)22)20-25(23,24)14-6-4-3-5-7-14;3*1-2/h3-10,18,20,22H,11H2,1-2H3,(H,19,21);1H3;;. The van der Waals surface area contributed by atoms with Gasteiger partial charge < -0.3 is 15.6 Å². The Morgan fingerprint density at radius 2 is 1.58 bits per heavy atom.